The van der Waals surface area contributed by atoms with E-state index in [0.717, 1.165) is 16.7 Å². The fourth-order valence-corrected chi connectivity index (χ4v) is 5.38. The zero-order valence-corrected chi connectivity index (χ0v) is 19.7. The van der Waals surface area contributed by atoms with E-state index in [1.807, 2.05) is 41.9 Å². The third kappa shape index (κ3) is 4.33. The molecule has 1 aromatic heterocycles. The number of carbonyl (C=O) groups is 2. The maximum absolute atomic E-state index is 13.2. The Morgan fingerprint density at radius 2 is 1.72 bits per heavy atom. The van der Waals surface area contributed by atoms with Crippen LogP contribution >= 0.6 is 11.3 Å². The standard InChI is InChI=1S/C24H24N2O4S2/c1-16-14-25(24(28)12-18-10-11-31-15-18)23-13-20(6-9-22(23)26(16)17(2)27)19-4-7-21(8-5-19)32(3,29)30/h4-11,13,15-16H,12,14H2,1-3H3/t16-/m0/s1. The molecule has 3 aromatic rings. The van der Waals surface area contributed by atoms with Crippen molar-refractivity contribution in [3.63, 3.8) is 0 Å². The average molecular weight is 469 g/mol. The van der Waals surface area contributed by atoms with Gasteiger partial charge < -0.3 is 9.80 Å². The van der Waals surface area contributed by atoms with Crippen LogP contribution in [-0.2, 0) is 25.8 Å². The molecule has 8 heteroatoms. The first-order chi connectivity index (χ1) is 15.1. The van der Waals surface area contributed by atoms with Crippen LogP contribution < -0.4 is 9.80 Å². The molecule has 0 saturated carbocycles. The molecule has 0 spiro atoms. The van der Waals surface area contributed by atoms with Gasteiger partial charge in [0.05, 0.1) is 28.7 Å². The van der Waals surface area contributed by atoms with Crippen molar-refractivity contribution in [2.75, 3.05) is 22.6 Å². The molecule has 6 nitrogen and oxygen atoms in total. The molecule has 0 unspecified atom stereocenters. The molecule has 2 heterocycles. The number of anilines is 2. The van der Waals surface area contributed by atoms with Crippen molar-refractivity contribution in [3.8, 4) is 11.1 Å². The molecule has 32 heavy (non-hydrogen) atoms. The van der Waals surface area contributed by atoms with Gasteiger partial charge >= 0.3 is 0 Å². The van der Waals surface area contributed by atoms with Crippen LogP contribution in [0.5, 0.6) is 0 Å². The van der Waals surface area contributed by atoms with Crippen molar-refractivity contribution in [1.29, 1.82) is 0 Å². The second-order valence-electron chi connectivity index (χ2n) is 8.05. The summed E-state index contributed by atoms with van der Waals surface area (Å²) in [6.07, 6.45) is 1.47. The first-order valence-electron chi connectivity index (χ1n) is 10.2. The molecular weight excluding hydrogens is 444 g/mol. The Kier molecular flexibility index (Phi) is 5.92. The maximum Gasteiger partial charge on any atom is 0.231 e. The molecule has 2 amide bonds. The van der Waals surface area contributed by atoms with Crippen LogP contribution in [0.25, 0.3) is 11.1 Å². The first kappa shape index (κ1) is 22.2. The van der Waals surface area contributed by atoms with E-state index in [1.54, 1.807) is 45.4 Å². The van der Waals surface area contributed by atoms with Gasteiger partial charge in [0.2, 0.25) is 11.8 Å². The summed E-state index contributed by atoms with van der Waals surface area (Å²) >= 11 is 1.55. The molecule has 166 valence electrons. The number of rotatable bonds is 4. The zero-order chi connectivity index (χ0) is 23.0. The monoisotopic (exact) mass is 468 g/mol. The number of amides is 2. The summed E-state index contributed by atoms with van der Waals surface area (Å²) in [5, 5.41) is 3.92. The van der Waals surface area contributed by atoms with Gasteiger partial charge in [-0.2, -0.15) is 11.3 Å². The highest BCUT2D eigenvalue weighted by atomic mass is 32.2. The minimum absolute atomic E-state index is 0.0238. The van der Waals surface area contributed by atoms with Crippen LogP contribution in [0, 0.1) is 0 Å². The number of thiophene rings is 1. The van der Waals surface area contributed by atoms with Gasteiger partial charge in [-0.25, -0.2) is 8.42 Å². The molecule has 0 aliphatic carbocycles. The van der Waals surface area contributed by atoms with Gasteiger partial charge in [-0.15, -0.1) is 0 Å². The van der Waals surface area contributed by atoms with Crippen LogP contribution in [0.1, 0.15) is 19.4 Å². The maximum atomic E-state index is 13.2. The predicted octanol–water partition coefficient (Wildman–Crippen LogP) is 4.15. The van der Waals surface area contributed by atoms with Gasteiger partial charge in [-0.3, -0.25) is 9.59 Å². The number of fused-ring (bicyclic) bond motifs is 1. The lowest BCUT2D eigenvalue weighted by atomic mass is 10.00. The molecule has 0 saturated heterocycles. The summed E-state index contributed by atoms with van der Waals surface area (Å²) < 4.78 is 23.5. The molecule has 0 fully saturated rings. The fraction of sp³-hybridized carbons (Fsp3) is 0.250. The van der Waals surface area contributed by atoms with Gasteiger partial charge in [0.15, 0.2) is 9.84 Å². The van der Waals surface area contributed by atoms with Gasteiger partial charge in [-0.1, -0.05) is 18.2 Å². The van der Waals surface area contributed by atoms with Crippen LogP contribution in [0.4, 0.5) is 11.4 Å². The van der Waals surface area contributed by atoms with E-state index in [1.165, 1.54) is 13.2 Å². The van der Waals surface area contributed by atoms with E-state index < -0.39 is 9.84 Å². The molecule has 2 aromatic carbocycles. The highest BCUT2D eigenvalue weighted by Crippen LogP contribution is 2.39. The molecular formula is C24H24N2O4S2. The smallest absolute Gasteiger partial charge is 0.231 e. The van der Waals surface area contributed by atoms with Gasteiger partial charge in [0, 0.05) is 19.7 Å². The number of hydrogen-bond acceptors (Lipinski definition) is 5. The Morgan fingerprint density at radius 1 is 1.03 bits per heavy atom. The van der Waals surface area contributed by atoms with E-state index in [4.69, 9.17) is 0 Å². The lowest BCUT2D eigenvalue weighted by Gasteiger charge is -2.41. The number of hydrogen-bond donors (Lipinski definition) is 0. The molecule has 0 radical (unpaired) electrons. The Labute approximate surface area is 192 Å². The molecule has 1 aliphatic rings. The third-order valence-corrected chi connectivity index (χ3v) is 7.47. The minimum atomic E-state index is -3.28. The Hall–Kier alpha value is -2.97. The van der Waals surface area contributed by atoms with E-state index >= 15 is 0 Å². The quantitative estimate of drug-likeness (QED) is 0.577. The molecule has 0 bridgehead atoms. The topological polar surface area (TPSA) is 74.8 Å². The molecule has 0 N–H and O–H groups in total. The van der Waals surface area contributed by atoms with E-state index in [2.05, 4.69) is 0 Å². The van der Waals surface area contributed by atoms with Gasteiger partial charge in [0.25, 0.3) is 0 Å². The molecule has 4 rings (SSSR count). The van der Waals surface area contributed by atoms with Crippen LogP contribution in [0.15, 0.2) is 64.2 Å². The van der Waals surface area contributed by atoms with Crippen molar-refractivity contribution >= 4 is 44.4 Å². The third-order valence-electron chi connectivity index (χ3n) is 5.60. The largest absolute Gasteiger partial charge is 0.308 e. The van der Waals surface area contributed by atoms with Crippen molar-refractivity contribution in [2.45, 2.75) is 31.2 Å². The predicted molar refractivity (Wildman–Crippen MR) is 128 cm³/mol. The average Bonchev–Trinajstić information content (AvgIpc) is 3.25. The van der Waals surface area contributed by atoms with Crippen molar-refractivity contribution in [3.05, 3.63) is 64.9 Å². The number of sulfone groups is 1. The summed E-state index contributed by atoms with van der Waals surface area (Å²) in [6.45, 7) is 3.87. The zero-order valence-electron chi connectivity index (χ0n) is 18.1. The summed E-state index contributed by atoms with van der Waals surface area (Å²) in [5.41, 5.74) is 4.03. The molecule has 1 aliphatic heterocycles. The summed E-state index contributed by atoms with van der Waals surface area (Å²) in [4.78, 5) is 29.3. The Balaban J connectivity index is 1.76. The highest BCUT2D eigenvalue weighted by Gasteiger charge is 2.33. The van der Waals surface area contributed by atoms with Crippen LogP contribution in [0.2, 0.25) is 0 Å². The van der Waals surface area contributed by atoms with Crippen molar-refractivity contribution < 1.29 is 18.0 Å². The number of benzene rings is 2. The highest BCUT2D eigenvalue weighted by molar-refractivity contribution is 7.90. The summed E-state index contributed by atoms with van der Waals surface area (Å²) in [6, 6.07) is 14.1. The van der Waals surface area contributed by atoms with E-state index in [9.17, 15) is 18.0 Å². The normalized spacial score (nSPS) is 16.0. The lowest BCUT2D eigenvalue weighted by molar-refractivity contribution is -0.119. The van der Waals surface area contributed by atoms with Gasteiger partial charge in [0.1, 0.15) is 0 Å². The van der Waals surface area contributed by atoms with E-state index in [-0.39, 0.29) is 22.8 Å². The van der Waals surface area contributed by atoms with Crippen LogP contribution in [0.3, 0.4) is 0 Å². The SMILES string of the molecule is CC(=O)N1c2ccc(-c3ccc(S(C)(=O)=O)cc3)cc2N(C(=O)Cc2ccsc2)C[C@@H]1C. The number of nitrogens with zero attached hydrogens (tertiary/aromatic N) is 2. The Morgan fingerprint density at radius 3 is 2.31 bits per heavy atom. The van der Waals surface area contributed by atoms with Crippen molar-refractivity contribution in [1.82, 2.24) is 0 Å². The second-order valence-corrected chi connectivity index (χ2v) is 10.8. The Bertz CT molecular complexity index is 1270. The number of carbonyl (C=O) groups excluding carboxylic acids is 2. The van der Waals surface area contributed by atoms with Crippen molar-refractivity contribution in [2.24, 2.45) is 0 Å². The molecule has 1 atom stereocenters. The van der Waals surface area contributed by atoms with E-state index in [0.29, 0.717) is 24.3 Å². The van der Waals surface area contributed by atoms with Gasteiger partial charge in [-0.05, 0) is 64.7 Å². The minimum Gasteiger partial charge on any atom is -0.308 e. The first-order valence-corrected chi connectivity index (χ1v) is 13.0. The lowest BCUT2D eigenvalue weighted by Crippen LogP contribution is -2.51. The fourth-order valence-electron chi connectivity index (χ4n) is 4.08. The summed E-state index contributed by atoms with van der Waals surface area (Å²) in [5.74, 6) is -0.0989. The second kappa shape index (κ2) is 8.52. The van der Waals surface area contributed by atoms with Crippen LogP contribution in [-0.4, -0.2) is 39.1 Å². The summed E-state index contributed by atoms with van der Waals surface area (Å²) in [7, 11) is -3.28.